The van der Waals surface area contributed by atoms with E-state index in [0.29, 0.717) is 18.8 Å². The standard InChI is InChI=1S/C33H38N4O4/c1-33(2,3)41-31(38)16-17-37-24(19-22-18-23(34)14-15-30(22)37)20-35(4)36(5)32(39)40-21-29-27-12-8-6-10-25(27)26-11-7-9-13-28(26)29/h6-15,18-19,29H,16-17,20-21,34H2,1-5H3. The molecule has 3 aromatic carbocycles. The van der Waals surface area contributed by atoms with Gasteiger partial charge in [0.1, 0.15) is 12.2 Å². The summed E-state index contributed by atoms with van der Waals surface area (Å²) in [6.45, 7) is 6.69. The Morgan fingerprint density at radius 1 is 0.927 bits per heavy atom. The number of aromatic nitrogens is 1. The Kier molecular flexibility index (Phi) is 7.78. The van der Waals surface area contributed by atoms with E-state index in [0.717, 1.165) is 16.6 Å². The average Bonchev–Trinajstić information content (AvgIpc) is 3.43. The van der Waals surface area contributed by atoms with Crippen molar-refractivity contribution in [3.05, 3.63) is 89.6 Å². The summed E-state index contributed by atoms with van der Waals surface area (Å²) in [7, 11) is 3.54. The number of ether oxygens (including phenoxy) is 2. The predicted octanol–water partition coefficient (Wildman–Crippen LogP) is 6.18. The van der Waals surface area contributed by atoms with Crippen molar-refractivity contribution < 1.29 is 19.1 Å². The van der Waals surface area contributed by atoms with Crippen LogP contribution in [0.25, 0.3) is 22.0 Å². The summed E-state index contributed by atoms with van der Waals surface area (Å²) in [6.07, 6.45) is -0.209. The van der Waals surface area contributed by atoms with E-state index >= 15 is 0 Å². The molecule has 0 radical (unpaired) electrons. The molecule has 0 spiro atoms. The molecule has 1 amide bonds. The zero-order chi connectivity index (χ0) is 29.3. The van der Waals surface area contributed by atoms with E-state index in [1.165, 1.54) is 27.3 Å². The smallest absolute Gasteiger partial charge is 0.424 e. The van der Waals surface area contributed by atoms with Gasteiger partial charge in [-0.3, -0.25) is 4.79 Å². The second kappa shape index (κ2) is 11.3. The summed E-state index contributed by atoms with van der Waals surface area (Å²) < 4.78 is 13.5. The Labute approximate surface area is 241 Å². The number of anilines is 1. The zero-order valence-corrected chi connectivity index (χ0v) is 24.4. The maximum atomic E-state index is 13.2. The van der Waals surface area contributed by atoms with Crippen LogP contribution < -0.4 is 5.73 Å². The van der Waals surface area contributed by atoms with Crippen molar-refractivity contribution >= 4 is 28.7 Å². The molecule has 214 valence electrons. The molecule has 0 fully saturated rings. The van der Waals surface area contributed by atoms with E-state index < -0.39 is 11.7 Å². The van der Waals surface area contributed by atoms with Crippen LogP contribution in [0.5, 0.6) is 0 Å². The van der Waals surface area contributed by atoms with Gasteiger partial charge in [-0.2, -0.15) is 0 Å². The second-order valence-electron chi connectivity index (χ2n) is 11.6. The van der Waals surface area contributed by atoms with Gasteiger partial charge in [0.2, 0.25) is 0 Å². The summed E-state index contributed by atoms with van der Waals surface area (Å²) in [5.74, 6) is -0.268. The van der Waals surface area contributed by atoms with Crippen LogP contribution in [0.15, 0.2) is 72.8 Å². The van der Waals surface area contributed by atoms with Gasteiger partial charge in [0.05, 0.1) is 13.0 Å². The fourth-order valence-electron chi connectivity index (χ4n) is 5.50. The molecule has 0 atom stereocenters. The van der Waals surface area contributed by atoms with Crippen LogP contribution in [0.3, 0.4) is 0 Å². The van der Waals surface area contributed by atoms with Crippen molar-refractivity contribution in [2.24, 2.45) is 0 Å². The highest BCUT2D eigenvalue weighted by Crippen LogP contribution is 2.44. The molecule has 8 heteroatoms. The lowest BCUT2D eigenvalue weighted by atomic mass is 9.98. The summed E-state index contributed by atoms with van der Waals surface area (Å²) >= 11 is 0. The van der Waals surface area contributed by atoms with Crippen molar-refractivity contribution in [3.63, 3.8) is 0 Å². The van der Waals surface area contributed by atoms with Crippen molar-refractivity contribution in [1.82, 2.24) is 14.6 Å². The third kappa shape index (κ3) is 6.07. The van der Waals surface area contributed by atoms with E-state index in [1.54, 1.807) is 12.1 Å². The topological polar surface area (TPSA) is 90.0 Å². The lowest BCUT2D eigenvalue weighted by molar-refractivity contribution is -0.155. The van der Waals surface area contributed by atoms with E-state index in [-0.39, 0.29) is 24.9 Å². The van der Waals surface area contributed by atoms with Crippen molar-refractivity contribution in [2.45, 2.75) is 51.8 Å². The fraction of sp³-hybridized carbons (Fsp3) is 0.333. The first-order valence-electron chi connectivity index (χ1n) is 13.9. The predicted molar refractivity (Wildman–Crippen MR) is 161 cm³/mol. The number of hydrogen-bond acceptors (Lipinski definition) is 6. The number of nitrogens with zero attached hydrogens (tertiary/aromatic N) is 3. The molecule has 1 aromatic heterocycles. The van der Waals surface area contributed by atoms with Gasteiger partial charge in [0.15, 0.2) is 0 Å². The van der Waals surface area contributed by atoms with Gasteiger partial charge in [0.25, 0.3) is 0 Å². The molecule has 1 aliphatic rings. The third-order valence-electron chi connectivity index (χ3n) is 7.47. The Balaban J connectivity index is 1.28. The molecule has 0 saturated carbocycles. The summed E-state index contributed by atoms with van der Waals surface area (Å²) in [4.78, 5) is 25.7. The first-order chi connectivity index (χ1) is 19.5. The van der Waals surface area contributed by atoms with Crippen molar-refractivity contribution in [1.29, 1.82) is 0 Å². The van der Waals surface area contributed by atoms with E-state index in [2.05, 4.69) is 28.8 Å². The van der Waals surface area contributed by atoms with Gasteiger partial charge >= 0.3 is 12.1 Å². The van der Waals surface area contributed by atoms with Gasteiger partial charge in [-0.15, -0.1) is 0 Å². The number of hydrogen-bond donors (Lipinski definition) is 1. The first-order valence-corrected chi connectivity index (χ1v) is 13.9. The van der Waals surface area contributed by atoms with Crippen LogP contribution >= 0.6 is 0 Å². The summed E-state index contributed by atoms with van der Waals surface area (Å²) in [5.41, 5.74) is 12.8. The number of carbonyl (C=O) groups excluding carboxylic acids is 2. The normalized spacial score (nSPS) is 12.8. The van der Waals surface area contributed by atoms with Crippen LogP contribution in [0.4, 0.5) is 10.5 Å². The number of esters is 1. The Hall–Kier alpha value is -4.30. The minimum atomic E-state index is -0.543. The lowest BCUT2D eigenvalue weighted by Crippen LogP contribution is -2.41. The molecule has 8 nitrogen and oxygen atoms in total. The zero-order valence-electron chi connectivity index (χ0n) is 24.4. The average molecular weight is 555 g/mol. The highest BCUT2D eigenvalue weighted by Gasteiger charge is 2.30. The molecule has 2 N–H and O–H groups in total. The van der Waals surface area contributed by atoms with E-state index in [9.17, 15) is 9.59 Å². The fourth-order valence-corrected chi connectivity index (χ4v) is 5.50. The number of aryl methyl sites for hydroxylation is 1. The highest BCUT2D eigenvalue weighted by atomic mass is 16.6. The van der Waals surface area contributed by atoms with E-state index in [1.807, 2.05) is 76.3 Å². The Bertz CT molecular complexity index is 1540. The van der Waals surface area contributed by atoms with Crippen molar-refractivity contribution in [3.8, 4) is 11.1 Å². The maximum Gasteiger partial charge on any atom is 0.424 e. The first kappa shape index (κ1) is 28.2. The van der Waals surface area contributed by atoms with Crippen LogP contribution in [0, 0.1) is 0 Å². The largest absolute Gasteiger partial charge is 0.460 e. The molecule has 41 heavy (non-hydrogen) atoms. The number of rotatable bonds is 8. The van der Waals surface area contributed by atoms with Crippen molar-refractivity contribution in [2.75, 3.05) is 26.4 Å². The molecule has 1 aliphatic carbocycles. The van der Waals surface area contributed by atoms with Crippen LogP contribution in [0.2, 0.25) is 0 Å². The molecular formula is C33H38N4O4. The third-order valence-corrected chi connectivity index (χ3v) is 7.47. The van der Waals surface area contributed by atoms with Gasteiger partial charge in [-0.05, 0) is 67.3 Å². The number of nitrogen functional groups attached to an aromatic ring is 1. The Morgan fingerprint density at radius 3 is 2.20 bits per heavy atom. The maximum absolute atomic E-state index is 13.2. The molecule has 4 aromatic rings. The summed E-state index contributed by atoms with van der Waals surface area (Å²) in [5, 5.41) is 4.26. The molecule has 0 aliphatic heterocycles. The van der Waals surface area contributed by atoms with Crippen LogP contribution in [0.1, 0.15) is 49.9 Å². The number of benzene rings is 3. The highest BCUT2D eigenvalue weighted by molar-refractivity contribution is 5.85. The molecule has 1 heterocycles. The number of carbonyl (C=O) groups is 2. The molecule has 0 bridgehead atoms. The van der Waals surface area contributed by atoms with Crippen LogP contribution in [-0.4, -0.2) is 53.0 Å². The lowest BCUT2D eigenvalue weighted by Gasteiger charge is -2.28. The quantitative estimate of drug-likeness (QED) is 0.159. The SMILES string of the molecule is CN(Cc1cc2cc(N)ccc2n1CCC(=O)OC(C)(C)C)N(C)C(=O)OCC1c2ccccc2-c2ccccc21. The summed E-state index contributed by atoms with van der Waals surface area (Å²) in [6, 6.07) is 24.3. The van der Waals surface area contributed by atoms with E-state index in [4.69, 9.17) is 15.2 Å². The Morgan fingerprint density at radius 2 is 1.56 bits per heavy atom. The van der Waals surface area contributed by atoms with Crippen LogP contribution in [-0.2, 0) is 27.4 Å². The molecular weight excluding hydrogens is 516 g/mol. The molecule has 0 saturated heterocycles. The monoisotopic (exact) mass is 554 g/mol. The number of fused-ring (bicyclic) bond motifs is 4. The number of amides is 1. The number of hydrazine groups is 1. The second-order valence-corrected chi connectivity index (χ2v) is 11.6. The minimum Gasteiger partial charge on any atom is -0.460 e. The van der Waals surface area contributed by atoms with Gasteiger partial charge in [-0.1, -0.05) is 48.5 Å². The van der Waals surface area contributed by atoms with Gasteiger partial charge in [0, 0.05) is 48.8 Å². The van der Waals surface area contributed by atoms with Gasteiger partial charge < -0.3 is 19.8 Å². The molecule has 0 unspecified atom stereocenters. The van der Waals surface area contributed by atoms with Gasteiger partial charge in [-0.25, -0.2) is 14.8 Å². The minimum absolute atomic E-state index is 0.00843. The number of nitrogens with two attached hydrogens (primary N) is 1. The molecule has 5 rings (SSSR count).